The fourth-order valence-electron chi connectivity index (χ4n) is 6.88. The molecule has 2 aromatic carbocycles. The van der Waals surface area contributed by atoms with Crippen LogP contribution < -0.4 is 10.6 Å². The van der Waals surface area contributed by atoms with Gasteiger partial charge in [-0.3, -0.25) is 19.2 Å². The van der Waals surface area contributed by atoms with Crippen LogP contribution in [0, 0.1) is 46.8 Å². The number of primary amides is 1. The lowest BCUT2D eigenvalue weighted by Gasteiger charge is -2.50. The number of fused-ring (bicyclic) bond motifs is 4. The fraction of sp³-hybridized carbons (Fsp3) is 0.296. The van der Waals surface area contributed by atoms with Gasteiger partial charge < -0.3 is 10.8 Å². The van der Waals surface area contributed by atoms with E-state index in [1.54, 1.807) is 0 Å². The number of rotatable bonds is 2. The number of allylic oxidation sites excluding steroid dienone is 2. The third kappa shape index (κ3) is 3.55. The maximum atomic E-state index is 15.0. The summed E-state index contributed by atoms with van der Waals surface area (Å²) < 4.78 is 72.3. The first-order valence-electron chi connectivity index (χ1n) is 12.6. The topological polar surface area (TPSA) is 138 Å². The van der Waals surface area contributed by atoms with E-state index in [9.17, 15) is 51.0 Å². The molecular formula is C27H15Cl3F5N3O6. The lowest BCUT2D eigenvalue weighted by Crippen LogP contribution is -2.60. The molecule has 44 heavy (non-hydrogen) atoms. The Hall–Kier alpha value is -3.75. The minimum atomic E-state index is -2.78. The number of hydrogen-bond donors (Lipinski definition) is 2. The van der Waals surface area contributed by atoms with Crippen molar-refractivity contribution in [2.24, 2.45) is 23.5 Å². The standard InChI is InChI=1S/C27H15Cl3F5N3O6/c28-12-5-7(39)1-2-9(12)14-8-3-4-10-13(22(41)38(21(10)40)25(36)44)11(8)6-26(29)23(42)37(24(43)27(14,26)30)20-18(34)16(32)15(31)17(33)19(20)35/h1-3,5,10-11,13-14,39H,4,6H2,(H2,36,44). The van der Waals surface area contributed by atoms with Crippen molar-refractivity contribution in [2.45, 2.75) is 28.5 Å². The van der Waals surface area contributed by atoms with Gasteiger partial charge in [-0.25, -0.2) is 31.6 Å². The van der Waals surface area contributed by atoms with Crippen molar-refractivity contribution >= 4 is 70.2 Å². The van der Waals surface area contributed by atoms with Gasteiger partial charge in [0.15, 0.2) is 33.0 Å². The van der Waals surface area contributed by atoms with Gasteiger partial charge in [0.1, 0.15) is 11.4 Å². The second-order valence-corrected chi connectivity index (χ2v) is 12.4. The van der Waals surface area contributed by atoms with Gasteiger partial charge in [0.2, 0.25) is 17.6 Å². The molecule has 3 N–H and O–H groups in total. The van der Waals surface area contributed by atoms with Crippen LogP contribution in [-0.2, 0) is 19.2 Å². The van der Waals surface area contributed by atoms with Crippen LogP contribution in [0.25, 0.3) is 0 Å². The number of alkyl halides is 2. The molecule has 0 spiro atoms. The zero-order valence-corrected chi connectivity index (χ0v) is 23.8. The van der Waals surface area contributed by atoms with Crippen LogP contribution in [0.15, 0.2) is 29.8 Å². The van der Waals surface area contributed by atoms with Crippen LogP contribution >= 0.6 is 34.8 Å². The molecule has 2 aliphatic carbocycles. The van der Waals surface area contributed by atoms with Crippen LogP contribution in [0.2, 0.25) is 5.02 Å². The molecule has 6 rings (SSSR count). The van der Waals surface area contributed by atoms with Gasteiger partial charge in [-0.05, 0) is 36.5 Å². The summed E-state index contributed by atoms with van der Waals surface area (Å²) in [6, 6.07) is 1.97. The fourth-order valence-corrected chi connectivity index (χ4v) is 8.09. The van der Waals surface area contributed by atoms with Crippen molar-refractivity contribution in [3.63, 3.8) is 0 Å². The number of urea groups is 1. The molecule has 0 bridgehead atoms. The molecule has 9 nitrogen and oxygen atoms in total. The summed E-state index contributed by atoms with van der Waals surface area (Å²) in [5.74, 6) is -23.6. The first-order chi connectivity index (χ1) is 20.5. The third-order valence-corrected chi connectivity index (χ3v) is 10.5. The highest BCUT2D eigenvalue weighted by molar-refractivity contribution is 6.58. The molecule has 6 atom stereocenters. The van der Waals surface area contributed by atoms with E-state index in [0.717, 1.165) is 12.1 Å². The Morgan fingerprint density at radius 2 is 1.50 bits per heavy atom. The molecule has 2 heterocycles. The number of nitrogens with zero attached hydrogens (tertiary/aromatic N) is 2. The summed E-state index contributed by atoms with van der Waals surface area (Å²) in [5.41, 5.74) is 3.35. The SMILES string of the molecule is NC(=O)N1C(=O)C2CC=C3C(CC4(Cl)C(=O)N(c5c(F)c(F)c(F)c(F)c5F)C(=O)C4(Cl)C3c3ccc(O)cc3Cl)C2C1=O. The zero-order valence-electron chi connectivity index (χ0n) is 21.5. The lowest BCUT2D eigenvalue weighted by atomic mass is 9.56. The Bertz CT molecular complexity index is 1780. The number of likely N-dealkylation sites (tertiary alicyclic amines) is 1. The van der Waals surface area contributed by atoms with Gasteiger partial charge in [-0.1, -0.05) is 29.3 Å². The molecule has 6 unspecified atom stereocenters. The van der Waals surface area contributed by atoms with Crippen LogP contribution in [0.1, 0.15) is 24.3 Å². The number of anilines is 1. The highest BCUT2D eigenvalue weighted by Crippen LogP contribution is 2.66. The molecule has 0 aromatic heterocycles. The average molecular weight is 679 g/mol. The van der Waals surface area contributed by atoms with E-state index in [4.69, 9.17) is 40.5 Å². The molecule has 1 saturated carbocycles. The molecule has 230 valence electrons. The van der Waals surface area contributed by atoms with Crippen molar-refractivity contribution in [2.75, 3.05) is 4.90 Å². The molecule has 4 aliphatic rings. The Morgan fingerprint density at radius 1 is 0.909 bits per heavy atom. The highest BCUT2D eigenvalue weighted by Gasteiger charge is 2.77. The number of imide groups is 4. The maximum absolute atomic E-state index is 15.0. The second-order valence-electron chi connectivity index (χ2n) is 10.7. The number of hydrogen-bond acceptors (Lipinski definition) is 6. The van der Waals surface area contributed by atoms with E-state index < -0.39 is 104 Å². The van der Waals surface area contributed by atoms with Crippen LogP contribution in [0.4, 0.5) is 32.4 Å². The Balaban J connectivity index is 1.62. The van der Waals surface area contributed by atoms with Gasteiger partial charge in [-0.2, -0.15) is 4.90 Å². The number of nitrogens with two attached hydrogens (primary N) is 1. The Morgan fingerprint density at radius 3 is 2.07 bits per heavy atom. The van der Waals surface area contributed by atoms with E-state index in [2.05, 4.69) is 0 Å². The quantitative estimate of drug-likeness (QED) is 0.121. The molecule has 2 aliphatic heterocycles. The van der Waals surface area contributed by atoms with Gasteiger partial charge in [0.05, 0.1) is 11.8 Å². The molecule has 2 saturated heterocycles. The number of aromatic hydroxyl groups is 1. The summed E-state index contributed by atoms with van der Waals surface area (Å²) in [6.45, 7) is 0. The Kier molecular flexibility index (Phi) is 6.62. The largest absolute Gasteiger partial charge is 0.508 e. The second kappa shape index (κ2) is 9.62. The van der Waals surface area contributed by atoms with Gasteiger partial charge in [0.25, 0.3) is 11.8 Å². The number of halogens is 8. The van der Waals surface area contributed by atoms with E-state index in [0.29, 0.717) is 0 Å². The van der Waals surface area contributed by atoms with Gasteiger partial charge >= 0.3 is 6.03 Å². The van der Waals surface area contributed by atoms with Gasteiger partial charge in [0, 0.05) is 10.9 Å². The van der Waals surface area contributed by atoms with E-state index >= 15 is 0 Å². The predicted octanol–water partition coefficient (Wildman–Crippen LogP) is 4.38. The lowest BCUT2D eigenvalue weighted by molar-refractivity contribution is -0.136. The summed E-state index contributed by atoms with van der Waals surface area (Å²) >= 11 is 20.3. The van der Waals surface area contributed by atoms with Crippen molar-refractivity contribution < 1.29 is 51.0 Å². The number of carbonyl (C=O) groups excluding carboxylic acids is 5. The zero-order chi connectivity index (χ0) is 32.4. The molecule has 0 radical (unpaired) electrons. The average Bonchev–Trinajstić information content (AvgIpc) is 3.30. The number of benzene rings is 2. The van der Waals surface area contributed by atoms with Crippen molar-refractivity contribution in [3.8, 4) is 5.75 Å². The minimum Gasteiger partial charge on any atom is -0.508 e. The van der Waals surface area contributed by atoms with Crippen molar-refractivity contribution in [1.29, 1.82) is 0 Å². The first kappa shape index (κ1) is 30.3. The molecule has 2 aromatic rings. The van der Waals surface area contributed by atoms with Crippen LogP contribution in [-0.4, -0.2) is 49.4 Å². The van der Waals surface area contributed by atoms with E-state index in [-0.39, 0.29) is 38.1 Å². The molecular weight excluding hydrogens is 664 g/mol. The number of phenols is 1. The molecule has 6 amide bonds. The van der Waals surface area contributed by atoms with E-state index in [1.165, 1.54) is 12.1 Å². The Labute approximate surface area is 257 Å². The monoisotopic (exact) mass is 677 g/mol. The number of amides is 6. The normalized spacial score (nSPS) is 31.2. The molecule has 3 fully saturated rings. The predicted molar refractivity (Wildman–Crippen MR) is 141 cm³/mol. The third-order valence-electron chi connectivity index (χ3n) is 8.74. The number of carbonyl (C=O) groups is 5. The van der Waals surface area contributed by atoms with Crippen LogP contribution in [0.5, 0.6) is 5.75 Å². The summed E-state index contributed by atoms with van der Waals surface area (Å²) in [5, 5.41) is 9.71. The van der Waals surface area contributed by atoms with E-state index in [1.807, 2.05) is 0 Å². The summed E-state index contributed by atoms with van der Waals surface area (Å²) in [4.78, 5) is 60.7. The molecule has 17 heteroatoms. The summed E-state index contributed by atoms with van der Waals surface area (Å²) in [7, 11) is 0. The van der Waals surface area contributed by atoms with Gasteiger partial charge in [-0.15, -0.1) is 23.2 Å². The highest BCUT2D eigenvalue weighted by atomic mass is 35.5. The summed E-state index contributed by atoms with van der Waals surface area (Å²) in [6.07, 6.45) is 0.455. The number of phenolic OH excluding ortho intramolecular Hbond substituents is 1. The van der Waals surface area contributed by atoms with Crippen LogP contribution in [0.3, 0.4) is 0 Å². The smallest absolute Gasteiger partial charge is 0.328 e. The maximum Gasteiger partial charge on any atom is 0.328 e. The van der Waals surface area contributed by atoms with Crippen molar-refractivity contribution in [1.82, 2.24) is 4.90 Å². The minimum absolute atomic E-state index is 0.0807. The van der Waals surface area contributed by atoms with Crippen molar-refractivity contribution in [3.05, 3.63) is 69.5 Å². The first-order valence-corrected chi connectivity index (χ1v) is 13.8.